The molecule has 1 aliphatic carbocycles. The highest BCUT2D eigenvalue weighted by Crippen LogP contribution is 2.33. The lowest BCUT2D eigenvalue weighted by molar-refractivity contribution is 0.177. The summed E-state index contributed by atoms with van der Waals surface area (Å²) in [7, 11) is 0. The van der Waals surface area contributed by atoms with Gasteiger partial charge in [0.2, 0.25) is 0 Å². The van der Waals surface area contributed by atoms with Crippen LogP contribution in [0.1, 0.15) is 51.9 Å². The Bertz CT molecular complexity index is 231. The van der Waals surface area contributed by atoms with Crippen LogP contribution >= 0.6 is 0 Å². The molecule has 17 heavy (non-hydrogen) atoms. The Morgan fingerprint density at radius 2 is 1.82 bits per heavy atom. The molecule has 1 N–H and O–H groups in total. The Morgan fingerprint density at radius 3 is 2.59 bits per heavy atom. The molecule has 1 saturated carbocycles. The van der Waals surface area contributed by atoms with Crippen LogP contribution in [0.3, 0.4) is 0 Å². The van der Waals surface area contributed by atoms with Gasteiger partial charge in [-0.3, -0.25) is 0 Å². The minimum atomic E-state index is 0.802. The second kappa shape index (κ2) is 5.27. The average Bonchev–Trinajstić information content (AvgIpc) is 2.74. The van der Waals surface area contributed by atoms with E-state index in [2.05, 4.69) is 17.1 Å². The van der Waals surface area contributed by atoms with E-state index in [9.17, 15) is 0 Å². The molecule has 2 saturated heterocycles. The third-order valence-electron chi connectivity index (χ3n) is 5.30. The summed E-state index contributed by atoms with van der Waals surface area (Å²) >= 11 is 0. The molecule has 0 spiro atoms. The quantitative estimate of drug-likeness (QED) is 0.793. The number of hydrogen-bond donors (Lipinski definition) is 1. The third-order valence-corrected chi connectivity index (χ3v) is 5.30. The van der Waals surface area contributed by atoms with Gasteiger partial charge in [-0.1, -0.05) is 19.8 Å². The Hall–Kier alpha value is -0.0800. The molecule has 2 nitrogen and oxygen atoms in total. The van der Waals surface area contributed by atoms with Crippen LogP contribution in [0.4, 0.5) is 0 Å². The molecular formula is C15H28N2. The molecule has 2 heteroatoms. The fourth-order valence-electron chi connectivity index (χ4n) is 4.13. The smallest absolute Gasteiger partial charge is 0.0200 e. The highest BCUT2D eigenvalue weighted by molar-refractivity contribution is 4.94. The van der Waals surface area contributed by atoms with Crippen LogP contribution in [0.15, 0.2) is 0 Å². The maximum atomic E-state index is 3.91. The van der Waals surface area contributed by atoms with Gasteiger partial charge < -0.3 is 10.2 Å². The van der Waals surface area contributed by atoms with Crippen molar-refractivity contribution in [2.24, 2.45) is 11.8 Å². The molecule has 2 aliphatic heterocycles. The maximum Gasteiger partial charge on any atom is 0.0200 e. The van der Waals surface area contributed by atoms with Crippen molar-refractivity contribution in [2.75, 3.05) is 19.6 Å². The minimum absolute atomic E-state index is 0.802. The molecule has 0 amide bonds. The van der Waals surface area contributed by atoms with Crippen LogP contribution in [0, 0.1) is 11.8 Å². The molecule has 0 aromatic heterocycles. The summed E-state index contributed by atoms with van der Waals surface area (Å²) in [6, 6.07) is 1.67. The zero-order chi connectivity index (χ0) is 11.7. The zero-order valence-corrected chi connectivity index (χ0v) is 11.3. The van der Waals surface area contributed by atoms with Gasteiger partial charge in [0.1, 0.15) is 0 Å². The van der Waals surface area contributed by atoms with E-state index in [0.29, 0.717) is 0 Å². The van der Waals surface area contributed by atoms with Gasteiger partial charge in [0.25, 0.3) is 0 Å². The van der Waals surface area contributed by atoms with Crippen molar-refractivity contribution < 1.29 is 0 Å². The summed E-state index contributed by atoms with van der Waals surface area (Å²) < 4.78 is 0. The Kier molecular flexibility index (Phi) is 3.72. The van der Waals surface area contributed by atoms with Crippen molar-refractivity contribution in [3.05, 3.63) is 0 Å². The number of piperidine rings is 1. The van der Waals surface area contributed by atoms with Crippen LogP contribution in [0.2, 0.25) is 0 Å². The summed E-state index contributed by atoms with van der Waals surface area (Å²) in [5, 5.41) is 3.91. The SMILES string of the molecule is CC1CCN(CC2CC3CCCCC3N2)CC1. The molecule has 0 radical (unpaired) electrons. The molecule has 0 bridgehead atoms. The lowest BCUT2D eigenvalue weighted by atomic mass is 9.85. The minimum Gasteiger partial charge on any atom is -0.310 e. The first-order valence-corrected chi connectivity index (χ1v) is 7.79. The van der Waals surface area contributed by atoms with E-state index in [-0.39, 0.29) is 0 Å². The summed E-state index contributed by atoms with van der Waals surface area (Å²) in [6.45, 7) is 6.41. The first-order valence-electron chi connectivity index (χ1n) is 7.79. The van der Waals surface area contributed by atoms with Crippen molar-refractivity contribution in [1.82, 2.24) is 10.2 Å². The number of hydrogen-bond acceptors (Lipinski definition) is 2. The van der Waals surface area contributed by atoms with Gasteiger partial charge in [-0.25, -0.2) is 0 Å². The van der Waals surface area contributed by atoms with Crippen LogP contribution in [-0.4, -0.2) is 36.6 Å². The highest BCUT2D eigenvalue weighted by Gasteiger charge is 2.35. The molecule has 3 atom stereocenters. The van der Waals surface area contributed by atoms with Crippen molar-refractivity contribution in [3.63, 3.8) is 0 Å². The third kappa shape index (κ3) is 2.85. The predicted octanol–water partition coefficient (Wildman–Crippen LogP) is 2.64. The Balaban J connectivity index is 1.46. The number of fused-ring (bicyclic) bond motifs is 1. The molecule has 0 aromatic rings. The Morgan fingerprint density at radius 1 is 1.06 bits per heavy atom. The predicted molar refractivity (Wildman–Crippen MR) is 72.1 cm³/mol. The molecule has 3 rings (SSSR count). The van der Waals surface area contributed by atoms with Crippen molar-refractivity contribution in [3.8, 4) is 0 Å². The van der Waals surface area contributed by atoms with Crippen LogP contribution in [0.25, 0.3) is 0 Å². The maximum absolute atomic E-state index is 3.91. The first kappa shape index (κ1) is 12.0. The largest absolute Gasteiger partial charge is 0.310 e. The molecule has 3 aliphatic rings. The van der Waals surface area contributed by atoms with Gasteiger partial charge in [0, 0.05) is 18.6 Å². The number of rotatable bonds is 2. The number of nitrogens with one attached hydrogen (secondary N) is 1. The summed E-state index contributed by atoms with van der Waals surface area (Å²) in [5.74, 6) is 1.97. The summed E-state index contributed by atoms with van der Waals surface area (Å²) in [6.07, 6.45) is 10.2. The van der Waals surface area contributed by atoms with Crippen LogP contribution in [-0.2, 0) is 0 Å². The average molecular weight is 236 g/mol. The highest BCUT2D eigenvalue weighted by atomic mass is 15.2. The van der Waals surface area contributed by atoms with Gasteiger partial charge in [0.15, 0.2) is 0 Å². The van der Waals surface area contributed by atoms with Gasteiger partial charge in [-0.2, -0.15) is 0 Å². The van der Waals surface area contributed by atoms with E-state index in [0.717, 1.165) is 23.9 Å². The van der Waals surface area contributed by atoms with Crippen molar-refractivity contribution in [2.45, 2.75) is 64.0 Å². The lowest BCUT2D eigenvalue weighted by Gasteiger charge is -2.32. The molecule has 0 aromatic carbocycles. The topological polar surface area (TPSA) is 15.3 Å². The van der Waals surface area contributed by atoms with Gasteiger partial charge >= 0.3 is 0 Å². The van der Waals surface area contributed by atoms with Crippen molar-refractivity contribution >= 4 is 0 Å². The van der Waals surface area contributed by atoms with E-state index in [4.69, 9.17) is 0 Å². The standard InChI is InChI=1S/C15H28N2/c1-12-6-8-17(9-7-12)11-14-10-13-4-2-3-5-15(13)16-14/h12-16H,2-11H2,1H3. The number of likely N-dealkylation sites (tertiary alicyclic amines) is 1. The second-order valence-electron chi connectivity index (χ2n) is 6.73. The van der Waals surface area contributed by atoms with Crippen molar-refractivity contribution in [1.29, 1.82) is 0 Å². The molecule has 3 fully saturated rings. The Labute approximate surface area is 106 Å². The fraction of sp³-hybridized carbons (Fsp3) is 1.00. The second-order valence-corrected chi connectivity index (χ2v) is 6.73. The molecule has 98 valence electrons. The fourth-order valence-corrected chi connectivity index (χ4v) is 4.13. The van der Waals surface area contributed by atoms with E-state index >= 15 is 0 Å². The molecule has 3 unspecified atom stereocenters. The van der Waals surface area contributed by atoms with Crippen LogP contribution < -0.4 is 5.32 Å². The molecular weight excluding hydrogens is 208 g/mol. The lowest BCUT2D eigenvalue weighted by Crippen LogP contribution is -2.43. The van der Waals surface area contributed by atoms with E-state index in [1.54, 1.807) is 0 Å². The number of nitrogens with zero attached hydrogens (tertiary/aromatic N) is 1. The van der Waals surface area contributed by atoms with Crippen LogP contribution in [0.5, 0.6) is 0 Å². The molecule has 2 heterocycles. The van der Waals surface area contributed by atoms with Gasteiger partial charge in [0.05, 0.1) is 0 Å². The summed E-state index contributed by atoms with van der Waals surface area (Å²) in [4.78, 5) is 2.70. The summed E-state index contributed by atoms with van der Waals surface area (Å²) in [5.41, 5.74) is 0. The van der Waals surface area contributed by atoms with Gasteiger partial charge in [-0.15, -0.1) is 0 Å². The van der Waals surface area contributed by atoms with Gasteiger partial charge in [-0.05, 0) is 57.0 Å². The first-order chi connectivity index (χ1) is 8.31. The zero-order valence-electron chi connectivity index (χ0n) is 11.3. The van der Waals surface area contributed by atoms with E-state index in [1.165, 1.54) is 64.6 Å². The van der Waals surface area contributed by atoms with E-state index in [1.807, 2.05) is 0 Å². The van der Waals surface area contributed by atoms with E-state index < -0.39 is 0 Å². The monoisotopic (exact) mass is 236 g/mol. The normalized spacial score (nSPS) is 40.4.